The van der Waals surface area contributed by atoms with Gasteiger partial charge in [0.15, 0.2) is 28.4 Å². The molecule has 1 aliphatic heterocycles. The molecule has 2 heterocycles. The average Bonchev–Trinajstić information content (AvgIpc) is 3.22. The monoisotopic (exact) mass is 463 g/mol. The van der Waals surface area contributed by atoms with Crippen LogP contribution in [0, 0.1) is 0 Å². The van der Waals surface area contributed by atoms with Gasteiger partial charge in [0.05, 0.1) is 6.61 Å². The van der Waals surface area contributed by atoms with Crippen LogP contribution < -0.4 is 26.8 Å². The Kier molecular flexibility index (Phi) is 8.03. The Morgan fingerprint density at radius 3 is 2.75 bits per heavy atom. The predicted octanol–water partition coefficient (Wildman–Crippen LogP) is 0.107. The van der Waals surface area contributed by atoms with Crippen LogP contribution in [-0.4, -0.2) is 64.0 Å². The molecular formula is C20H26ClN7O4. The minimum absolute atomic E-state index is 0.0480. The Bertz CT molecular complexity index is 971. The number of aromatic nitrogens is 2. The Morgan fingerprint density at radius 2 is 2.03 bits per heavy atom. The van der Waals surface area contributed by atoms with Crippen LogP contribution in [0.2, 0.25) is 5.15 Å². The second kappa shape index (κ2) is 10.9. The maximum Gasteiger partial charge on any atom is 0.302 e. The molecule has 1 aromatic carbocycles. The van der Waals surface area contributed by atoms with Crippen molar-refractivity contribution in [2.24, 2.45) is 4.99 Å². The van der Waals surface area contributed by atoms with E-state index in [1.807, 2.05) is 24.3 Å². The fraction of sp³-hybridized carbons (Fsp3) is 0.400. The van der Waals surface area contributed by atoms with Crippen LogP contribution in [0.1, 0.15) is 28.9 Å². The molecule has 2 atom stereocenters. The maximum absolute atomic E-state index is 12.3. The molecule has 3 rings (SSSR count). The number of guanidine groups is 1. The molecule has 0 saturated carbocycles. The van der Waals surface area contributed by atoms with Gasteiger partial charge in [-0.25, -0.2) is 9.97 Å². The lowest BCUT2D eigenvalue weighted by Crippen LogP contribution is -2.29. The second-order valence-electron chi connectivity index (χ2n) is 7.30. The van der Waals surface area contributed by atoms with Gasteiger partial charge in [-0.3, -0.25) is 4.79 Å². The lowest BCUT2D eigenvalue weighted by atomic mass is 10.1. The third-order valence-corrected chi connectivity index (χ3v) is 5.05. The Hall–Kier alpha value is -3.15. The molecule has 0 bridgehead atoms. The highest BCUT2D eigenvalue weighted by molar-refractivity contribution is 6.31. The lowest BCUT2D eigenvalue weighted by Gasteiger charge is -2.11. The van der Waals surface area contributed by atoms with Crippen LogP contribution in [0.3, 0.4) is 0 Å². The number of hydrogen-bond acceptors (Lipinski definition) is 8. The number of amides is 1. The van der Waals surface area contributed by atoms with E-state index < -0.39 is 12.0 Å². The van der Waals surface area contributed by atoms with E-state index in [1.54, 1.807) is 0 Å². The molecule has 11 nitrogen and oxygen atoms in total. The quantitative estimate of drug-likeness (QED) is 0.298. The number of aryl methyl sites for hydroxylation is 1. The number of aliphatic hydroxyl groups excluding tert-OH is 2. The first kappa shape index (κ1) is 23.5. The number of rotatable bonds is 9. The number of ether oxygens (including phenoxy) is 1. The highest BCUT2D eigenvalue weighted by atomic mass is 35.5. The van der Waals surface area contributed by atoms with Gasteiger partial charge in [0.25, 0.3) is 0 Å². The minimum Gasteiger partial charge on any atom is -0.491 e. The van der Waals surface area contributed by atoms with Crippen molar-refractivity contribution in [3.8, 4) is 5.75 Å². The summed E-state index contributed by atoms with van der Waals surface area (Å²) in [5.41, 5.74) is 12.2. The molecule has 0 unspecified atom stereocenters. The number of halogens is 1. The number of carbonyl (C=O) groups excluding carboxylic acids is 1. The highest BCUT2D eigenvalue weighted by Crippen LogP contribution is 2.18. The SMILES string of the molecule is Nc1nc(N)c(C(=O)/N=C2/NC[C@@H](CCCc3ccc(OC[C@@H](O)CO)cc3)N2)nc1Cl. The molecule has 1 fully saturated rings. The second-order valence-corrected chi connectivity index (χ2v) is 7.66. The largest absolute Gasteiger partial charge is 0.491 e. The predicted molar refractivity (Wildman–Crippen MR) is 121 cm³/mol. The van der Waals surface area contributed by atoms with Crippen molar-refractivity contribution < 1.29 is 19.7 Å². The van der Waals surface area contributed by atoms with Crippen molar-refractivity contribution in [2.75, 3.05) is 31.2 Å². The molecule has 1 amide bonds. The summed E-state index contributed by atoms with van der Waals surface area (Å²) in [7, 11) is 0. The van der Waals surface area contributed by atoms with Crippen LogP contribution in [0.25, 0.3) is 0 Å². The first-order valence-electron chi connectivity index (χ1n) is 10.1. The molecule has 172 valence electrons. The smallest absolute Gasteiger partial charge is 0.302 e. The van der Waals surface area contributed by atoms with E-state index in [0.717, 1.165) is 24.8 Å². The third kappa shape index (κ3) is 6.42. The summed E-state index contributed by atoms with van der Waals surface area (Å²) < 4.78 is 5.40. The van der Waals surface area contributed by atoms with Gasteiger partial charge in [0, 0.05) is 12.6 Å². The average molecular weight is 464 g/mol. The number of nitrogens with two attached hydrogens (primary N) is 2. The molecule has 1 aliphatic rings. The number of carbonyl (C=O) groups is 1. The molecule has 0 spiro atoms. The third-order valence-electron chi connectivity index (χ3n) is 4.77. The molecule has 12 heteroatoms. The number of aliphatic hydroxyl groups is 2. The number of nitrogen functional groups attached to an aromatic ring is 2. The summed E-state index contributed by atoms with van der Waals surface area (Å²) in [6.07, 6.45) is 1.78. The molecule has 0 radical (unpaired) electrons. The molecule has 1 saturated heterocycles. The van der Waals surface area contributed by atoms with E-state index in [9.17, 15) is 9.90 Å². The minimum atomic E-state index is -0.888. The number of benzene rings is 1. The zero-order valence-electron chi connectivity index (χ0n) is 17.3. The van der Waals surface area contributed by atoms with Gasteiger partial charge in [0.2, 0.25) is 0 Å². The summed E-state index contributed by atoms with van der Waals surface area (Å²) in [5.74, 6) is 0.147. The maximum atomic E-state index is 12.3. The summed E-state index contributed by atoms with van der Waals surface area (Å²) in [4.78, 5) is 23.9. The molecule has 32 heavy (non-hydrogen) atoms. The van der Waals surface area contributed by atoms with Crippen LogP contribution in [-0.2, 0) is 6.42 Å². The summed E-state index contributed by atoms with van der Waals surface area (Å²) in [6, 6.07) is 7.74. The fourth-order valence-electron chi connectivity index (χ4n) is 3.06. The number of anilines is 2. The van der Waals surface area contributed by atoms with Gasteiger partial charge in [-0.2, -0.15) is 4.99 Å². The van der Waals surface area contributed by atoms with Crippen LogP contribution in [0.4, 0.5) is 11.6 Å². The van der Waals surface area contributed by atoms with Crippen LogP contribution in [0.5, 0.6) is 5.75 Å². The van der Waals surface area contributed by atoms with Gasteiger partial charge in [0.1, 0.15) is 18.5 Å². The van der Waals surface area contributed by atoms with Crippen molar-refractivity contribution in [1.29, 1.82) is 0 Å². The normalized spacial score (nSPS) is 17.6. The fourth-order valence-corrected chi connectivity index (χ4v) is 3.19. The Morgan fingerprint density at radius 1 is 1.28 bits per heavy atom. The van der Waals surface area contributed by atoms with Crippen molar-refractivity contribution in [3.63, 3.8) is 0 Å². The van der Waals surface area contributed by atoms with Gasteiger partial charge in [-0.1, -0.05) is 23.7 Å². The summed E-state index contributed by atoms with van der Waals surface area (Å²) in [6.45, 7) is 0.351. The van der Waals surface area contributed by atoms with Crippen molar-refractivity contribution >= 4 is 35.1 Å². The summed E-state index contributed by atoms with van der Waals surface area (Å²) in [5, 5.41) is 24.2. The molecular weight excluding hydrogens is 438 g/mol. The van der Waals surface area contributed by atoms with Crippen LogP contribution in [0.15, 0.2) is 29.3 Å². The van der Waals surface area contributed by atoms with E-state index in [2.05, 4.69) is 25.6 Å². The van der Waals surface area contributed by atoms with E-state index in [-0.39, 0.29) is 41.7 Å². The van der Waals surface area contributed by atoms with E-state index in [0.29, 0.717) is 18.3 Å². The van der Waals surface area contributed by atoms with Gasteiger partial charge in [-0.15, -0.1) is 0 Å². The first-order valence-corrected chi connectivity index (χ1v) is 10.5. The molecule has 2 aromatic rings. The van der Waals surface area contributed by atoms with Crippen molar-refractivity contribution in [2.45, 2.75) is 31.4 Å². The first-order chi connectivity index (χ1) is 15.4. The molecule has 8 N–H and O–H groups in total. The number of hydrogen-bond donors (Lipinski definition) is 6. The van der Waals surface area contributed by atoms with Gasteiger partial charge >= 0.3 is 5.91 Å². The van der Waals surface area contributed by atoms with E-state index in [4.69, 9.17) is 32.9 Å². The Balaban J connectivity index is 1.44. The summed E-state index contributed by atoms with van der Waals surface area (Å²) >= 11 is 5.81. The van der Waals surface area contributed by atoms with Crippen molar-refractivity contribution in [1.82, 2.24) is 20.6 Å². The van der Waals surface area contributed by atoms with Crippen LogP contribution >= 0.6 is 11.6 Å². The van der Waals surface area contributed by atoms with E-state index >= 15 is 0 Å². The Labute approximate surface area is 189 Å². The zero-order valence-corrected chi connectivity index (χ0v) is 18.0. The molecule has 0 aliphatic carbocycles. The number of nitrogens with one attached hydrogen (secondary N) is 2. The highest BCUT2D eigenvalue weighted by Gasteiger charge is 2.21. The van der Waals surface area contributed by atoms with Crippen molar-refractivity contribution in [3.05, 3.63) is 40.7 Å². The van der Waals surface area contributed by atoms with E-state index in [1.165, 1.54) is 0 Å². The zero-order chi connectivity index (χ0) is 23.1. The lowest BCUT2D eigenvalue weighted by molar-refractivity contribution is 0.0536. The van der Waals surface area contributed by atoms with Gasteiger partial charge in [-0.05, 0) is 37.0 Å². The molecule has 1 aromatic heterocycles. The number of nitrogens with zero attached hydrogens (tertiary/aromatic N) is 3. The van der Waals surface area contributed by atoms with Gasteiger partial charge < -0.3 is 37.1 Å². The standard InChI is InChI=1S/C20H26ClN7O4/c21-16-18(23)27-17(22)15(26-16)19(31)28-20-24-8-12(25-20)3-1-2-11-4-6-14(7-5-11)32-10-13(30)9-29/h4-7,12-13,29-30H,1-3,8-10H2,(H4,22,23,27)(H2,24,25,28,31)/t12-,13+/m1/s1. The number of aliphatic imine (C=N–C) groups is 1. The topological polar surface area (TPSA) is 181 Å².